The molecule has 2 N–H and O–H groups in total. The minimum atomic E-state index is -1.35. The van der Waals surface area contributed by atoms with E-state index in [0.717, 1.165) is 12.1 Å². The molecule has 1 amide bonds. The van der Waals surface area contributed by atoms with Gasteiger partial charge in [-0.3, -0.25) is 10.00 Å². The van der Waals surface area contributed by atoms with Crippen LogP contribution in [0.25, 0.3) is 22.3 Å². The molecule has 5 rings (SSSR count). The highest BCUT2D eigenvalue weighted by Gasteiger charge is 2.21. The Hall–Kier alpha value is -5.29. The van der Waals surface area contributed by atoms with Crippen molar-refractivity contribution in [2.24, 2.45) is 7.05 Å². The molecule has 0 fully saturated rings. The summed E-state index contributed by atoms with van der Waals surface area (Å²) in [5, 5.41) is 16.7. The first-order valence-corrected chi connectivity index (χ1v) is 13.2. The standard InChI is InChI=1S/C31H23ClF2N4O5/c1-17(21-6-3-4-8-24(21)32)42-31(41)37-28-23(16-36-38(28)2)19-11-9-18(10-12-19)20-14-25(33)27(26(34)15-20)43-29-22(30(39)40)7-5-13-35-29/h3-17H,1-2H3,(H,37,41)(H,39,40). The van der Waals surface area contributed by atoms with E-state index >= 15 is 0 Å². The lowest BCUT2D eigenvalue weighted by Gasteiger charge is -2.16. The number of carboxylic acids is 1. The first-order chi connectivity index (χ1) is 20.6. The van der Waals surface area contributed by atoms with Crippen LogP contribution in [0.5, 0.6) is 11.6 Å². The highest BCUT2D eigenvalue weighted by atomic mass is 35.5. The fourth-order valence-electron chi connectivity index (χ4n) is 4.35. The van der Waals surface area contributed by atoms with Crippen molar-refractivity contribution in [2.45, 2.75) is 13.0 Å². The molecule has 43 heavy (non-hydrogen) atoms. The van der Waals surface area contributed by atoms with Crippen LogP contribution in [0.2, 0.25) is 5.02 Å². The molecule has 5 aromatic rings. The number of carbonyl (C=O) groups excluding carboxylic acids is 1. The molecule has 0 aliphatic carbocycles. The summed E-state index contributed by atoms with van der Waals surface area (Å²) in [4.78, 5) is 27.9. The number of rotatable bonds is 8. The van der Waals surface area contributed by atoms with Gasteiger partial charge in [-0.1, -0.05) is 54.1 Å². The number of aryl methyl sites for hydroxylation is 1. The first kappa shape index (κ1) is 29.2. The van der Waals surface area contributed by atoms with Crippen LogP contribution in [0.4, 0.5) is 19.4 Å². The van der Waals surface area contributed by atoms with Crippen LogP contribution in [0.3, 0.4) is 0 Å². The van der Waals surface area contributed by atoms with Gasteiger partial charge in [0.15, 0.2) is 11.6 Å². The maximum Gasteiger partial charge on any atom is 0.413 e. The first-order valence-electron chi connectivity index (χ1n) is 12.8. The zero-order chi connectivity index (χ0) is 30.7. The summed E-state index contributed by atoms with van der Waals surface area (Å²) >= 11 is 6.21. The number of carbonyl (C=O) groups is 2. The number of aromatic carboxylic acids is 1. The molecule has 0 saturated carbocycles. The largest absolute Gasteiger partial charge is 0.477 e. The number of pyridine rings is 1. The molecular weight excluding hydrogens is 582 g/mol. The van der Waals surface area contributed by atoms with Crippen molar-refractivity contribution < 1.29 is 33.0 Å². The maximum atomic E-state index is 14.9. The number of aromatic nitrogens is 3. The third-order valence-corrected chi connectivity index (χ3v) is 6.86. The normalized spacial score (nSPS) is 11.6. The fraction of sp³-hybridized carbons (Fsp3) is 0.0968. The number of halogens is 3. The molecule has 1 atom stereocenters. The molecular formula is C31H23ClF2N4O5. The van der Waals surface area contributed by atoms with Crippen molar-refractivity contribution in [3.63, 3.8) is 0 Å². The third kappa shape index (κ3) is 6.31. The zero-order valence-corrected chi connectivity index (χ0v) is 23.5. The second kappa shape index (κ2) is 12.3. The summed E-state index contributed by atoms with van der Waals surface area (Å²) in [7, 11) is 1.66. The van der Waals surface area contributed by atoms with Crippen molar-refractivity contribution in [3.8, 4) is 33.9 Å². The molecule has 0 aliphatic rings. The minimum absolute atomic E-state index is 0.218. The van der Waals surface area contributed by atoms with E-state index in [1.165, 1.54) is 23.0 Å². The number of hydrogen-bond acceptors (Lipinski definition) is 6. The predicted octanol–water partition coefficient (Wildman–Crippen LogP) is 7.88. The lowest BCUT2D eigenvalue weighted by molar-refractivity contribution is 0.0693. The molecule has 12 heteroatoms. The number of benzene rings is 3. The van der Waals surface area contributed by atoms with Gasteiger partial charge in [-0.2, -0.15) is 5.10 Å². The van der Waals surface area contributed by atoms with Crippen LogP contribution in [0, 0.1) is 11.6 Å². The number of carboxylic acid groups (broad SMARTS) is 1. The SMILES string of the molecule is CC(OC(=O)Nc1c(-c2ccc(-c3cc(F)c(Oc4ncccc4C(=O)O)c(F)c3)cc2)cnn1C)c1ccccc1Cl. The highest BCUT2D eigenvalue weighted by Crippen LogP contribution is 2.35. The Balaban J connectivity index is 1.34. The number of hydrogen-bond donors (Lipinski definition) is 2. The van der Waals surface area contributed by atoms with Crippen molar-refractivity contribution in [1.29, 1.82) is 0 Å². The minimum Gasteiger partial charge on any atom is -0.477 e. The van der Waals surface area contributed by atoms with Crippen LogP contribution in [0.15, 0.2) is 85.2 Å². The van der Waals surface area contributed by atoms with E-state index in [1.807, 2.05) is 0 Å². The summed E-state index contributed by atoms with van der Waals surface area (Å²) in [6, 6.07) is 18.5. The summed E-state index contributed by atoms with van der Waals surface area (Å²) in [5.74, 6) is -4.26. The lowest BCUT2D eigenvalue weighted by Crippen LogP contribution is -2.18. The van der Waals surface area contributed by atoms with Crippen LogP contribution in [-0.2, 0) is 11.8 Å². The Bertz CT molecular complexity index is 1800. The summed E-state index contributed by atoms with van der Waals surface area (Å²) in [6.07, 6.45) is 1.51. The van der Waals surface area contributed by atoms with E-state index in [-0.39, 0.29) is 11.1 Å². The Morgan fingerprint density at radius 2 is 1.65 bits per heavy atom. The second-order valence-corrected chi connectivity index (χ2v) is 9.74. The molecule has 0 bridgehead atoms. The fourth-order valence-corrected chi connectivity index (χ4v) is 4.64. The number of nitrogens with zero attached hydrogens (tertiary/aromatic N) is 3. The predicted molar refractivity (Wildman–Crippen MR) is 155 cm³/mol. The van der Waals surface area contributed by atoms with Gasteiger partial charge in [0.25, 0.3) is 0 Å². The summed E-state index contributed by atoms with van der Waals surface area (Å²) in [5.41, 5.74) is 2.28. The summed E-state index contributed by atoms with van der Waals surface area (Å²) in [6.45, 7) is 1.71. The van der Waals surface area contributed by atoms with E-state index in [9.17, 15) is 23.5 Å². The van der Waals surface area contributed by atoms with Crippen molar-refractivity contribution >= 4 is 29.5 Å². The number of amides is 1. The molecule has 1 unspecified atom stereocenters. The molecule has 0 radical (unpaired) electrons. The Morgan fingerprint density at radius 3 is 2.33 bits per heavy atom. The van der Waals surface area contributed by atoms with Crippen molar-refractivity contribution in [3.05, 3.63) is 113 Å². The maximum absolute atomic E-state index is 14.9. The van der Waals surface area contributed by atoms with Crippen LogP contribution in [0.1, 0.15) is 28.9 Å². The molecule has 0 aliphatic heterocycles. The molecule has 0 saturated heterocycles. The Morgan fingerprint density at radius 1 is 0.977 bits per heavy atom. The number of nitrogens with one attached hydrogen (secondary N) is 1. The molecule has 0 spiro atoms. The Labute approximate surface area is 249 Å². The molecule has 2 heterocycles. The quantitative estimate of drug-likeness (QED) is 0.185. The number of ether oxygens (including phenoxy) is 2. The van der Waals surface area contributed by atoms with E-state index in [4.69, 9.17) is 21.1 Å². The molecule has 218 valence electrons. The van der Waals surface area contributed by atoms with Gasteiger partial charge in [-0.25, -0.2) is 23.4 Å². The van der Waals surface area contributed by atoms with Gasteiger partial charge in [-0.05, 0) is 53.9 Å². The molecule has 2 aromatic heterocycles. The van der Waals surface area contributed by atoms with Gasteiger partial charge in [0.1, 0.15) is 17.5 Å². The lowest BCUT2D eigenvalue weighted by atomic mass is 10.0. The highest BCUT2D eigenvalue weighted by molar-refractivity contribution is 6.31. The smallest absolute Gasteiger partial charge is 0.413 e. The van der Waals surface area contributed by atoms with Crippen LogP contribution >= 0.6 is 11.6 Å². The van der Waals surface area contributed by atoms with Gasteiger partial charge in [0.05, 0.1) is 6.20 Å². The zero-order valence-electron chi connectivity index (χ0n) is 22.7. The average Bonchev–Trinajstić information content (AvgIpc) is 3.34. The summed E-state index contributed by atoms with van der Waals surface area (Å²) < 4.78 is 42.1. The van der Waals surface area contributed by atoms with Gasteiger partial charge in [0.2, 0.25) is 11.6 Å². The van der Waals surface area contributed by atoms with Crippen LogP contribution in [-0.4, -0.2) is 31.9 Å². The van der Waals surface area contributed by atoms with Crippen molar-refractivity contribution in [2.75, 3.05) is 5.32 Å². The van der Waals surface area contributed by atoms with Gasteiger partial charge in [0, 0.05) is 29.4 Å². The van der Waals surface area contributed by atoms with E-state index < -0.39 is 41.4 Å². The van der Waals surface area contributed by atoms with E-state index in [2.05, 4.69) is 15.4 Å². The van der Waals surface area contributed by atoms with E-state index in [1.54, 1.807) is 68.7 Å². The van der Waals surface area contributed by atoms with Gasteiger partial charge < -0.3 is 14.6 Å². The van der Waals surface area contributed by atoms with Gasteiger partial charge in [-0.15, -0.1) is 0 Å². The second-order valence-electron chi connectivity index (χ2n) is 9.33. The average molecular weight is 605 g/mol. The van der Waals surface area contributed by atoms with Crippen LogP contribution < -0.4 is 10.1 Å². The third-order valence-electron chi connectivity index (χ3n) is 6.51. The van der Waals surface area contributed by atoms with Crippen molar-refractivity contribution in [1.82, 2.24) is 14.8 Å². The van der Waals surface area contributed by atoms with E-state index in [0.29, 0.717) is 33.1 Å². The molecule has 3 aromatic carbocycles. The molecule has 9 nitrogen and oxygen atoms in total. The Kier molecular flexibility index (Phi) is 8.35. The number of anilines is 1. The van der Waals surface area contributed by atoms with Gasteiger partial charge >= 0.3 is 12.1 Å². The topological polar surface area (TPSA) is 116 Å². The monoisotopic (exact) mass is 604 g/mol.